The molecule has 0 saturated carbocycles. The lowest BCUT2D eigenvalue weighted by Gasteiger charge is -2.12. The summed E-state index contributed by atoms with van der Waals surface area (Å²) in [7, 11) is 0. The minimum absolute atomic E-state index is 0. The summed E-state index contributed by atoms with van der Waals surface area (Å²) in [6, 6.07) is 10.1. The van der Waals surface area contributed by atoms with Crippen LogP contribution in [0.4, 0.5) is 0 Å². The Hall–Kier alpha value is -1.32. The number of halogens is 1. The number of carbonyl (C=O) groups is 1. The molecule has 0 aromatic heterocycles. The molecule has 1 atom stereocenters. The molecule has 0 bridgehead atoms. The number of hydrogen-bond acceptors (Lipinski definition) is 2. The molecule has 3 nitrogen and oxygen atoms in total. The summed E-state index contributed by atoms with van der Waals surface area (Å²) in [5, 5.41) is 5.99. The summed E-state index contributed by atoms with van der Waals surface area (Å²) in [6.45, 7) is 6.83. The van der Waals surface area contributed by atoms with E-state index in [-0.39, 0.29) is 24.4 Å². The lowest BCUT2D eigenvalue weighted by molar-refractivity contribution is -0.122. The third kappa shape index (κ3) is 7.65. The SMILES string of the molecule is C=CCN[C@H](C)C(=O)NCCCc1ccccc1.Cl. The quantitative estimate of drug-likeness (QED) is 0.568. The van der Waals surface area contributed by atoms with Gasteiger partial charge in [-0.15, -0.1) is 19.0 Å². The van der Waals surface area contributed by atoms with E-state index in [0.29, 0.717) is 13.1 Å². The van der Waals surface area contributed by atoms with Gasteiger partial charge in [0.2, 0.25) is 5.91 Å². The van der Waals surface area contributed by atoms with Crippen molar-refractivity contribution in [2.75, 3.05) is 13.1 Å². The van der Waals surface area contributed by atoms with Crippen molar-refractivity contribution in [3.8, 4) is 0 Å². The zero-order valence-electron chi connectivity index (χ0n) is 11.4. The molecule has 1 amide bonds. The summed E-state index contributed by atoms with van der Waals surface area (Å²) in [4.78, 5) is 11.7. The highest BCUT2D eigenvalue weighted by molar-refractivity contribution is 5.85. The zero-order chi connectivity index (χ0) is 13.2. The van der Waals surface area contributed by atoms with Crippen molar-refractivity contribution < 1.29 is 4.79 Å². The van der Waals surface area contributed by atoms with Crippen LogP contribution in [0.5, 0.6) is 0 Å². The van der Waals surface area contributed by atoms with E-state index in [0.717, 1.165) is 12.8 Å². The molecule has 0 aliphatic rings. The highest BCUT2D eigenvalue weighted by Gasteiger charge is 2.09. The van der Waals surface area contributed by atoms with E-state index in [1.54, 1.807) is 6.08 Å². The van der Waals surface area contributed by atoms with Gasteiger partial charge in [-0.2, -0.15) is 0 Å². The normalized spacial score (nSPS) is 11.2. The first-order valence-electron chi connectivity index (χ1n) is 6.40. The van der Waals surface area contributed by atoms with Crippen LogP contribution in [0.1, 0.15) is 18.9 Å². The van der Waals surface area contributed by atoms with E-state index in [1.165, 1.54) is 5.56 Å². The average molecular weight is 283 g/mol. The fourth-order valence-corrected chi connectivity index (χ4v) is 1.65. The van der Waals surface area contributed by atoms with Gasteiger partial charge in [0.1, 0.15) is 0 Å². The van der Waals surface area contributed by atoms with Crippen molar-refractivity contribution in [1.29, 1.82) is 0 Å². The molecular weight excluding hydrogens is 260 g/mol. The summed E-state index contributed by atoms with van der Waals surface area (Å²) in [5.74, 6) is 0.0462. The first kappa shape index (κ1) is 17.7. The summed E-state index contributed by atoms with van der Waals surface area (Å²) in [5.41, 5.74) is 1.31. The highest BCUT2D eigenvalue weighted by atomic mass is 35.5. The van der Waals surface area contributed by atoms with Crippen molar-refractivity contribution >= 4 is 18.3 Å². The van der Waals surface area contributed by atoms with E-state index in [9.17, 15) is 4.79 Å². The van der Waals surface area contributed by atoms with Gasteiger partial charge in [0.15, 0.2) is 0 Å². The van der Waals surface area contributed by atoms with Crippen LogP contribution in [-0.2, 0) is 11.2 Å². The van der Waals surface area contributed by atoms with Crippen LogP contribution in [0, 0.1) is 0 Å². The second-order valence-electron chi connectivity index (χ2n) is 4.30. The van der Waals surface area contributed by atoms with Gasteiger partial charge in [0.05, 0.1) is 6.04 Å². The Morgan fingerprint density at radius 2 is 2.05 bits per heavy atom. The lowest BCUT2D eigenvalue weighted by atomic mass is 10.1. The Balaban J connectivity index is 0.00000324. The van der Waals surface area contributed by atoms with E-state index in [4.69, 9.17) is 0 Å². The summed E-state index contributed by atoms with van der Waals surface area (Å²) in [6.07, 6.45) is 3.71. The molecule has 0 saturated heterocycles. The Labute approximate surface area is 121 Å². The molecule has 19 heavy (non-hydrogen) atoms. The monoisotopic (exact) mass is 282 g/mol. The van der Waals surface area contributed by atoms with Crippen LogP contribution < -0.4 is 10.6 Å². The van der Waals surface area contributed by atoms with Crippen molar-refractivity contribution in [3.63, 3.8) is 0 Å². The van der Waals surface area contributed by atoms with E-state index < -0.39 is 0 Å². The number of rotatable bonds is 8. The minimum atomic E-state index is -0.167. The van der Waals surface area contributed by atoms with Gasteiger partial charge in [-0.25, -0.2) is 0 Å². The van der Waals surface area contributed by atoms with Gasteiger partial charge >= 0.3 is 0 Å². The molecule has 2 N–H and O–H groups in total. The van der Waals surface area contributed by atoms with Crippen LogP contribution in [0.2, 0.25) is 0 Å². The Morgan fingerprint density at radius 1 is 1.37 bits per heavy atom. The van der Waals surface area contributed by atoms with Crippen LogP contribution in [0.15, 0.2) is 43.0 Å². The molecule has 0 unspecified atom stereocenters. The Bertz CT molecular complexity index is 368. The van der Waals surface area contributed by atoms with Gasteiger partial charge in [-0.3, -0.25) is 4.79 Å². The van der Waals surface area contributed by atoms with E-state index >= 15 is 0 Å². The van der Waals surface area contributed by atoms with Gasteiger partial charge in [-0.1, -0.05) is 36.4 Å². The predicted molar refractivity (Wildman–Crippen MR) is 82.7 cm³/mol. The molecule has 4 heteroatoms. The van der Waals surface area contributed by atoms with Crippen molar-refractivity contribution in [3.05, 3.63) is 48.6 Å². The number of hydrogen-bond donors (Lipinski definition) is 2. The third-order valence-corrected chi connectivity index (χ3v) is 2.75. The third-order valence-electron chi connectivity index (χ3n) is 2.75. The minimum Gasteiger partial charge on any atom is -0.355 e. The molecular formula is C15H23ClN2O. The molecule has 0 aliphatic carbocycles. The molecule has 0 radical (unpaired) electrons. The van der Waals surface area contributed by atoms with Crippen LogP contribution in [0.25, 0.3) is 0 Å². The van der Waals surface area contributed by atoms with Crippen LogP contribution in [0.3, 0.4) is 0 Å². The van der Waals surface area contributed by atoms with Gasteiger partial charge in [0.25, 0.3) is 0 Å². The topological polar surface area (TPSA) is 41.1 Å². The van der Waals surface area contributed by atoms with Gasteiger partial charge in [0, 0.05) is 13.1 Å². The van der Waals surface area contributed by atoms with Crippen molar-refractivity contribution in [2.24, 2.45) is 0 Å². The maximum Gasteiger partial charge on any atom is 0.236 e. The first-order chi connectivity index (χ1) is 8.74. The molecule has 1 aromatic rings. The van der Waals surface area contributed by atoms with Crippen LogP contribution in [-0.4, -0.2) is 25.0 Å². The molecule has 1 aromatic carbocycles. The van der Waals surface area contributed by atoms with E-state index in [2.05, 4.69) is 29.3 Å². The molecule has 0 fully saturated rings. The second-order valence-corrected chi connectivity index (χ2v) is 4.30. The largest absolute Gasteiger partial charge is 0.355 e. The fraction of sp³-hybridized carbons (Fsp3) is 0.400. The average Bonchev–Trinajstić information content (AvgIpc) is 2.41. The maximum absolute atomic E-state index is 11.7. The fourth-order valence-electron chi connectivity index (χ4n) is 1.65. The Morgan fingerprint density at radius 3 is 2.68 bits per heavy atom. The highest BCUT2D eigenvalue weighted by Crippen LogP contribution is 2.01. The molecule has 0 aliphatic heterocycles. The zero-order valence-corrected chi connectivity index (χ0v) is 12.2. The predicted octanol–water partition coefficient (Wildman–Crippen LogP) is 2.32. The smallest absolute Gasteiger partial charge is 0.236 e. The first-order valence-corrected chi connectivity index (χ1v) is 6.40. The summed E-state index contributed by atoms with van der Waals surface area (Å²) < 4.78 is 0. The van der Waals surface area contributed by atoms with Gasteiger partial charge in [-0.05, 0) is 25.3 Å². The second kappa shape index (κ2) is 10.6. The van der Waals surface area contributed by atoms with Crippen LogP contribution >= 0.6 is 12.4 Å². The Kier molecular flexibility index (Phi) is 9.85. The van der Waals surface area contributed by atoms with Crippen molar-refractivity contribution in [1.82, 2.24) is 10.6 Å². The van der Waals surface area contributed by atoms with Crippen molar-refractivity contribution in [2.45, 2.75) is 25.8 Å². The molecule has 106 valence electrons. The van der Waals surface area contributed by atoms with Gasteiger partial charge < -0.3 is 10.6 Å². The number of aryl methyl sites for hydroxylation is 1. The number of amides is 1. The standard InChI is InChI=1S/C15H22N2O.ClH/c1-3-11-16-13(2)15(18)17-12-7-10-14-8-5-4-6-9-14;/h3-6,8-9,13,16H,1,7,10-12H2,2H3,(H,17,18);1H/t13-;/m1./s1. The summed E-state index contributed by atoms with van der Waals surface area (Å²) >= 11 is 0. The molecule has 1 rings (SSSR count). The lowest BCUT2D eigenvalue weighted by Crippen LogP contribution is -2.42. The molecule has 0 spiro atoms. The molecule has 0 heterocycles. The maximum atomic E-state index is 11.7. The number of carbonyl (C=O) groups excluding carboxylic acids is 1. The number of nitrogens with one attached hydrogen (secondary N) is 2. The van der Waals surface area contributed by atoms with E-state index in [1.807, 2.05) is 25.1 Å². The number of benzene rings is 1.